The van der Waals surface area contributed by atoms with Crippen molar-refractivity contribution in [3.05, 3.63) is 58.2 Å². The van der Waals surface area contributed by atoms with Gasteiger partial charge in [-0.05, 0) is 77.0 Å². The number of aryl methyl sites for hydroxylation is 1. The molecule has 274 valence electrons. The molecule has 3 aromatic heterocycles. The van der Waals surface area contributed by atoms with Crippen LogP contribution in [0.2, 0.25) is 0 Å². The fourth-order valence-electron chi connectivity index (χ4n) is 7.01. The number of benzene rings is 1. The second kappa shape index (κ2) is 15.5. The minimum atomic E-state index is -1.04. The average molecular weight is 718 g/mol. The van der Waals surface area contributed by atoms with E-state index in [9.17, 15) is 9.59 Å². The Morgan fingerprint density at radius 3 is 2.78 bits per heavy atom. The molecule has 5 heterocycles. The number of nitrogens with zero attached hydrogens (tertiary/aromatic N) is 5. The summed E-state index contributed by atoms with van der Waals surface area (Å²) < 4.78 is 20.5. The van der Waals surface area contributed by atoms with E-state index in [2.05, 4.69) is 55.0 Å². The number of likely N-dealkylation sites (N-methyl/N-ethyl adjacent to an activating group) is 1. The molecule has 1 saturated heterocycles. The molecule has 6 rings (SSSR count). The van der Waals surface area contributed by atoms with E-state index in [0.29, 0.717) is 44.0 Å². The largest absolute Gasteiger partial charge is 0.464 e. The molecule has 0 radical (unpaired) electrons. The van der Waals surface area contributed by atoms with Crippen LogP contribution in [0.5, 0.6) is 0 Å². The molecule has 0 spiro atoms. The number of hydrazine groups is 1. The van der Waals surface area contributed by atoms with Gasteiger partial charge >= 0.3 is 5.97 Å². The normalized spacial score (nSPS) is 21.9. The van der Waals surface area contributed by atoms with Crippen LogP contribution in [-0.2, 0) is 36.8 Å². The van der Waals surface area contributed by atoms with E-state index in [4.69, 9.17) is 29.9 Å². The van der Waals surface area contributed by atoms with Crippen LogP contribution in [0.3, 0.4) is 0 Å². The van der Waals surface area contributed by atoms with Gasteiger partial charge in [-0.1, -0.05) is 19.9 Å². The summed E-state index contributed by atoms with van der Waals surface area (Å²) in [5, 5.41) is 5.18. The van der Waals surface area contributed by atoms with Crippen molar-refractivity contribution in [3.8, 4) is 22.5 Å². The van der Waals surface area contributed by atoms with Gasteiger partial charge < -0.3 is 29.4 Å². The first-order valence-corrected chi connectivity index (χ1v) is 18.7. The predicted molar refractivity (Wildman–Crippen MR) is 199 cm³/mol. The van der Waals surface area contributed by atoms with Crippen molar-refractivity contribution in [2.75, 3.05) is 47.5 Å². The molecule has 4 atom stereocenters. The van der Waals surface area contributed by atoms with E-state index in [1.54, 1.807) is 13.3 Å². The molecule has 12 nitrogen and oxygen atoms in total. The number of ether oxygens (including phenoxy) is 3. The second-order valence-corrected chi connectivity index (χ2v) is 15.5. The zero-order valence-electron chi connectivity index (χ0n) is 30.8. The number of nitrogens with two attached hydrogens (primary N) is 1. The molecule has 4 aromatic rings. The van der Waals surface area contributed by atoms with Crippen molar-refractivity contribution < 1.29 is 23.8 Å². The number of cyclic esters (lactones) is 1. The predicted octanol–water partition coefficient (Wildman–Crippen LogP) is 5.12. The van der Waals surface area contributed by atoms with Crippen molar-refractivity contribution in [1.29, 1.82) is 0 Å². The molecular formula is C38H51N7O5S. The first-order valence-electron chi connectivity index (χ1n) is 17.8. The average Bonchev–Trinajstić information content (AvgIpc) is 3.73. The summed E-state index contributed by atoms with van der Waals surface area (Å²) in [6, 6.07) is 8.83. The molecule has 2 aliphatic rings. The third-order valence-corrected chi connectivity index (χ3v) is 10.7. The second-order valence-electron chi connectivity index (χ2n) is 14.6. The third-order valence-electron chi connectivity index (χ3n) is 9.82. The number of aromatic nitrogens is 3. The highest BCUT2D eigenvalue weighted by Gasteiger charge is 2.37. The molecule has 3 N–H and O–H groups in total. The van der Waals surface area contributed by atoms with Crippen molar-refractivity contribution in [3.63, 3.8) is 0 Å². The van der Waals surface area contributed by atoms with Crippen molar-refractivity contribution in [2.45, 2.75) is 77.8 Å². The number of nitrogens with one attached hydrogen (secondary N) is 1. The lowest BCUT2D eigenvalue weighted by atomic mass is 9.84. The lowest BCUT2D eigenvalue weighted by molar-refractivity contribution is -0.155. The number of amides is 1. The summed E-state index contributed by atoms with van der Waals surface area (Å²) in [7, 11) is 5.63. The van der Waals surface area contributed by atoms with E-state index >= 15 is 0 Å². The van der Waals surface area contributed by atoms with Gasteiger partial charge in [0, 0.05) is 65.8 Å². The van der Waals surface area contributed by atoms with Gasteiger partial charge in [0.1, 0.15) is 23.2 Å². The minimum Gasteiger partial charge on any atom is -0.464 e. The highest BCUT2D eigenvalue weighted by atomic mass is 32.1. The van der Waals surface area contributed by atoms with Gasteiger partial charge in [-0.15, -0.1) is 11.3 Å². The number of fused-ring (bicyclic) bond motifs is 6. The standard InChI is InChI=1S/C38H51N7O5S/c1-8-44-30-14-13-24-19-26(30)27(33(44)25-11-9-15-40-32(25)23(2)48-7)20-38(3,4)22-50-37(47)28-12-10-16-45(42-28)36(46)31(39)34(49-18-17-43(5)6)35-41-29(24)21-51-35/h9,11,13-15,19,21,23,28,31,34,42H,8,10,12,16-18,20,22,39H2,1-7H3/t23-,28-,31-,34-/m0/s1. The molecule has 1 amide bonds. The van der Waals surface area contributed by atoms with Crippen LogP contribution in [0.4, 0.5) is 0 Å². The fourth-order valence-corrected chi connectivity index (χ4v) is 7.94. The molecule has 0 aliphatic carbocycles. The molecule has 2 aliphatic heterocycles. The SMILES string of the molecule is CCn1c(-c2cccnc2[C@H](C)OC)c2c3cc(ccc31)-c1csc(n1)[C@@H](OCCN(C)C)[C@H](N)C(=O)N1CCC[C@H](N1)C(=O)OCC(C)(C)C2. The summed E-state index contributed by atoms with van der Waals surface area (Å²) in [6.45, 7) is 10.8. The zero-order chi connectivity index (χ0) is 36.4. The van der Waals surface area contributed by atoms with Crippen LogP contribution in [0.25, 0.3) is 33.4 Å². The molecule has 1 fully saturated rings. The maximum atomic E-state index is 13.8. The summed E-state index contributed by atoms with van der Waals surface area (Å²) in [5.41, 5.74) is 16.3. The Morgan fingerprint density at radius 1 is 1.24 bits per heavy atom. The van der Waals surface area contributed by atoms with Gasteiger partial charge in [-0.25, -0.2) is 10.4 Å². The van der Waals surface area contributed by atoms with Gasteiger partial charge in [0.25, 0.3) is 5.91 Å². The van der Waals surface area contributed by atoms with Gasteiger partial charge in [-0.3, -0.25) is 19.6 Å². The molecule has 0 unspecified atom stereocenters. The van der Waals surface area contributed by atoms with Crippen LogP contribution >= 0.6 is 11.3 Å². The van der Waals surface area contributed by atoms with Crippen LogP contribution in [-0.4, -0.2) is 95.9 Å². The van der Waals surface area contributed by atoms with E-state index in [0.717, 1.165) is 51.2 Å². The summed E-state index contributed by atoms with van der Waals surface area (Å²) in [5.74, 6) is -0.738. The maximum Gasteiger partial charge on any atom is 0.324 e. The Hall–Kier alpha value is -3.72. The quantitative estimate of drug-likeness (QED) is 0.236. The number of rotatable bonds is 8. The zero-order valence-corrected chi connectivity index (χ0v) is 31.6. The van der Waals surface area contributed by atoms with Crippen LogP contribution in [0, 0.1) is 5.41 Å². The fraction of sp³-hybridized carbons (Fsp3) is 0.526. The van der Waals surface area contributed by atoms with Crippen molar-refractivity contribution in [2.24, 2.45) is 11.1 Å². The number of hydrogen-bond acceptors (Lipinski definition) is 11. The number of pyridine rings is 1. The summed E-state index contributed by atoms with van der Waals surface area (Å²) in [4.78, 5) is 39.2. The Labute approximate surface area is 304 Å². The van der Waals surface area contributed by atoms with Gasteiger partial charge in [0.15, 0.2) is 0 Å². The number of thiazole rings is 1. The summed E-state index contributed by atoms with van der Waals surface area (Å²) >= 11 is 1.43. The first kappa shape index (κ1) is 37.1. The third kappa shape index (κ3) is 7.74. The van der Waals surface area contributed by atoms with Crippen LogP contribution in [0.15, 0.2) is 41.9 Å². The van der Waals surface area contributed by atoms with Crippen molar-refractivity contribution in [1.82, 2.24) is 29.9 Å². The summed E-state index contributed by atoms with van der Waals surface area (Å²) in [6.07, 6.45) is 2.62. The smallest absolute Gasteiger partial charge is 0.324 e. The number of esters is 1. The Kier molecular flexibility index (Phi) is 11.2. The van der Waals surface area contributed by atoms with E-state index < -0.39 is 23.6 Å². The van der Waals surface area contributed by atoms with Crippen LogP contribution in [0.1, 0.15) is 69.0 Å². The number of carbonyl (C=O) groups excluding carboxylic acids is 2. The Morgan fingerprint density at radius 2 is 2.04 bits per heavy atom. The topological polar surface area (TPSA) is 137 Å². The highest BCUT2D eigenvalue weighted by molar-refractivity contribution is 7.10. The Bertz CT molecular complexity index is 1870. The van der Waals surface area contributed by atoms with E-state index in [1.807, 2.05) is 37.4 Å². The number of methoxy groups -OCH3 is 1. The monoisotopic (exact) mass is 717 g/mol. The highest BCUT2D eigenvalue weighted by Crippen LogP contribution is 2.42. The van der Waals surface area contributed by atoms with Gasteiger partial charge in [-0.2, -0.15) is 0 Å². The van der Waals surface area contributed by atoms with Crippen LogP contribution < -0.4 is 11.2 Å². The number of hydrogen-bond donors (Lipinski definition) is 2. The van der Waals surface area contributed by atoms with Gasteiger partial charge in [0.2, 0.25) is 0 Å². The lowest BCUT2D eigenvalue weighted by Crippen LogP contribution is -2.60. The minimum absolute atomic E-state index is 0.195. The molecule has 0 saturated carbocycles. The molecular weight excluding hydrogens is 667 g/mol. The molecule has 51 heavy (non-hydrogen) atoms. The molecule has 1 aromatic carbocycles. The lowest BCUT2D eigenvalue weighted by Gasteiger charge is -2.36. The van der Waals surface area contributed by atoms with E-state index in [-0.39, 0.29) is 24.6 Å². The number of carbonyl (C=O) groups is 2. The molecule has 6 bridgehead atoms. The molecule has 13 heteroatoms. The first-order chi connectivity index (χ1) is 24.4. The van der Waals surface area contributed by atoms with Gasteiger partial charge in [0.05, 0.1) is 36.4 Å². The van der Waals surface area contributed by atoms with Crippen molar-refractivity contribution >= 4 is 34.1 Å². The van der Waals surface area contributed by atoms with E-state index in [1.165, 1.54) is 16.3 Å². The Balaban J connectivity index is 1.53. The maximum absolute atomic E-state index is 13.8.